The smallest absolute Gasteiger partial charge is 0.410 e. The minimum Gasteiger partial charge on any atom is -0.444 e. The molecule has 2 rings (SSSR count). The van der Waals surface area contributed by atoms with E-state index in [2.05, 4.69) is 5.32 Å². The maximum atomic E-state index is 12.8. The van der Waals surface area contributed by atoms with Gasteiger partial charge < -0.3 is 15.0 Å². The lowest BCUT2D eigenvalue weighted by molar-refractivity contribution is 0.00518. The number of hydrogen-bond acceptors (Lipinski definition) is 3. The van der Waals surface area contributed by atoms with Crippen LogP contribution in [0.2, 0.25) is 0 Å². The van der Waals surface area contributed by atoms with Crippen LogP contribution in [0.25, 0.3) is 0 Å². The van der Waals surface area contributed by atoms with Crippen LogP contribution in [0, 0.1) is 5.82 Å². The first-order chi connectivity index (χ1) is 9.33. The highest BCUT2D eigenvalue weighted by Crippen LogP contribution is 2.15. The van der Waals surface area contributed by atoms with Crippen LogP contribution < -0.4 is 5.32 Å². The predicted octanol–water partition coefficient (Wildman–Crippen LogP) is 2.53. The fraction of sp³-hybridized carbons (Fsp3) is 0.533. The van der Waals surface area contributed by atoms with E-state index in [4.69, 9.17) is 4.74 Å². The Morgan fingerprint density at radius 2 is 1.95 bits per heavy atom. The Labute approximate surface area is 118 Å². The molecule has 4 nitrogen and oxygen atoms in total. The first-order valence-electron chi connectivity index (χ1n) is 6.79. The van der Waals surface area contributed by atoms with Gasteiger partial charge in [-0.1, -0.05) is 12.1 Å². The number of halogens is 1. The van der Waals surface area contributed by atoms with Crippen molar-refractivity contribution >= 4 is 6.09 Å². The number of hydrogen-bond donors (Lipinski definition) is 1. The molecule has 1 fully saturated rings. The number of carbonyl (C=O) groups excluding carboxylic acids is 1. The molecule has 1 aliphatic heterocycles. The SMILES string of the molecule is CC(C)(C)OC(=O)N1CC(NCc2ccc(F)cc2)C1. The van der Waals surface area contributed by atoms with Crippen LogP contribution in [0.3, 0.4) is 0 Å². The number of nitrogens with one attached hydrogen (secondary N) is 1. The predicted molar refractivity (Wildman–Crippen MR) is 74.8 cm³/mol. The van der Waals surface area contributed by atoms with E-state index >= 15 is 0 Å². The summed E-state index contributed by atoms with van der Waals surface area (Å²) >= 11 is 0. The Morgan fingerprint density at radius 1 is 1.35 bits per heavy atom. The van der Waals surface area contributed by atoms with Gasteiger partial charge in [-0.2, -0.15) is 0 Å². The zero-order chi connectivity index (χ0) is 14.8. The minimum absolute atomic E-state index is 0.228. The second-order valence-electron chi connectivity index (χ2n) is 6.09. The molecule has 0 aromatic heterocycles. The summed E-state index contributed by atoms with van der Waals surface area (Å²) < 4.78 is 18.0. The van der Waals surface area contributed by atoms with Crippen molar-refractivity contribution in [2.75, 3.05) is 13.1 Å². The summed E-state index contributed by atoms with van der Waals surface area (Å²) in [6.07, 6.45) is -0.266. The van der Waals surface area contributed by atoms with E-state index in [-0.39, 0.29) is 18.0 Å². The van der Waals surface area contributed by atoms with Gasteiger partial charge in [0.2, 0.25) is 0 Å². The first-order valence-corrected chi connectivity index (χ1v) is 6.79. The highest BCUT2D eigenvalue weighted by Gasteiger charge is 2.33. The van der Waals surface area contributed by atoms with E-state index in [1.54, 1.807) is 17.0 Å². The van der Waals surface area contributed by atoms with Gasteiger partial charge in [0.05, 0.1) is 0 Å². The van der Waals surface area contributed by atoms with Crippen molar-refractivity contribution in [2.45, 2.75) is 39.0 Å². The van der Waals surface area contributed by atoms with Crippen LogP contribution in [-0.4, -0.2) is 35.7 Å². The third-order valence-corrected chi connectivity index (χ3v) is 3.04. The summed E-state index contributed by atoms with van der Waals surface area (Å²) in [6, 6.07) is 6.68. The van der Waals surface area contributed by atoms with Crippen molar-refractivity contribution in [3.05, 3.63) is 35.6 Å². The van der Waals surface area contributed by atoms with Crippen LogP contribution >= 0.6 is 0 Å². The lowest BCUT2D eigenvalue weighted by atomic mass is 10.1. The van der Waals surface area contributed by atoms with Crippen molar-refractivity contribution in [3.63, 3.8) is 0 Å². The maximum Gasteiger partial charge on any atom is 0.410 e. The molecule has 110 valence electrons. The number of nitrogens with zero attached hydrogens (tertiary/aromatic N) is 1. The first kappa shape index (κ1) is 14.8. The molecule has 0 radical (unpaired) electrons. The van der Waals surface area contributed by atoms with Crippen molar-refractivity contribution < 1.29 is 13.9 Å². The van der Waals surface area contributed by atoms with Gasteiger partial charge in [-0.15, -0.1) is 0 Å². The van der Waals surface area contributed by atoms with Crippen LogP contribution in [0.4, 0.5) is 9.18 Å². The average molecular weight is 280 g/mol. The van der Waals surface area contributed by atoms with Crippen molar-refractivity contribution in [1.82, 2.24) is 10.2 Å². The lowest BCUT2D eigenvalue weighted by Crippen LogP contribution is -2.60. The quantitative estimate of drug-likeness (QED) is 0.925. The monoisotopic (exact) mass is 280 g/mol. The largest absolute Gasteiger partial charge is 0.444 e. The third kappa shape index (κ3) is 4.20. The number of carbonyl (C=O) groups is 1. The minimum atomic E-state index is -0.455. The molecule has 1 aromatic rings. The summed E-state index contributed by atoms with van der Waals surface area (Å²) in [6.45, 7) is 7.54. The van der Waals surface area contributed by atoms with Crippen LogP contribution in [-0.2, 0) is 11.3 Å². The Morgan fingerprint density at radius 3 is 2.50 bits per heavy atom. The van der Waals surface area contributed by atoms with Gasteiger partial charge in [-0.25, -0.2) is 9.18 Å². The molecule has 1 aromatic carbocycles. The van der Waals surface area contributed by atoms with E-state index in [1.807, 2.05) is 20.8 Å². The fourth-order valence-corrected chi connectivity index (χ4v) is 1.95. The van der Waals surface area contributed by atoms with E-state index in [1.165, 1.54) is 12.1 Å². The number of likely N-dealkylation sites (tertiary alicyclic amines) is 1. The van der Waals surface area contributed by atoms with Gasteiger partial charge in [-0.3, -0.25) is 0 Å². The molecule has 0 unspecified atom stereocenters. The Balaban J connectivity index is 1.69. The molecular formula is C15H21FN2O2. The standard InChI is InChI=1S/C15H21FN2O2/c1-15(2,3)20-14(19)18-9-13(10-18)17-8-11-4-6-12(16)7-5-11/h4-7,13,17H,8-10H2,1-3H3. The van der Waals surface area contributed by atoms with Gasteiger partial charge >= 0.3 is 6.09 Å². The molecule has 0 atom stereocenters. The molecule has 1 N–H and O–H groups in total. The lowest BCUT2D eigenvalue weighted by Gasteiger charge is -2.40. The van der Waals surface area contributed by atoms with Gasteiger partial charge in [0.1, 0.15) is 11.4 Å². The molecule has 1 saturated heterocycles. The molecule has 0 spiro atoms. The Hall–Kier alpha value is -1.62. The van der Waals surface area contributed by atoms with Crippen molar-refractivity contribution in [1.29, 1.82) is 0 Å². The maximum absolute atomic E-state index is 12.8. The van der Waals surface area contributed by atoms with Crippen LogP contribution in [0.1, 0.15) is 26.3 Å². The molecule has 5 heteroatoms. The molecule has 0 saturated carbocycles. The summed E-state index contributed by atoms with van der Waals surface area (Å²) in [7, 11) is 0. The Bertz CT molecular complexity index is 462. The Kier molecular flexibility index (Phi) is 4.28. The summed E-state index contributed by atoms with van der Waals surface area (Å²) in [5.74, 6) is -0.228. The van der Waals surface area contributed by atoms with Gasteiger partial charge in [-0.05, 0) is 38.5 Å². The molecule has 1 aliphatic rings. The zero-order valence-electron chi connectivity index (χ0n) is 12.1. The van der Waals surface area contributed by atoms with E-state index in [0.29, 0.717) is 19.6 Å². The number of benzene rings is 1. The second kappa shape index (κ2) is 5.79. The third-order valence-electron chi connectivity index (χ3n) is 3.04. The van der Waals surface area contributed by atoms with Crippen LogP contribution in [0.5, 0.6) is 0 Å². The van der Waals surface area contributed by atoms with Gasteiger partial charge in [0.15, 0.2) is 0 Å². The summed E-state index contributed by atoms with van der Waals surface area (Å²) in [5.41, 5.74) is 0.575. The van der Waals surface area contributed by atoms with E-state index in [9.17, 15) is 9.18 Å². The summed E-state index contributed by atoms with van der Waals surface area (Å²) in [4.78, 5) is 13.4. The molecule has 20 heavy (non-hydrogen) atoms. The van der Waals surface area contributed by atoms with E-state index in [0.717, 1.165) is 5.56 Å². The molecular weight excluding hydrogens is 259 g/mol. The van der Waals surface area contributed by atoms with Crippen molar-refractivity contribution in [2.24, 2.45) is 0 Å². The van der Waals surface area contributed by atoms with Crippen LogP contribution in [0.15, 0.2) is 24.3 Å². The number of rotatable bonds is 3. The van der Waals surface area contributed by atoms with E-state index < -0.39 is 5.60 Å². The van der Waals surface area contributed by atoms with Gasteiger partial charge in [0.25, 0.3) is 0 Å². The number of ether oxygens (including phenoxy) is 1. The fourth-order valence-electron chi connectivity index (χ4n) is 1.95. The molecule has 1 amide bonds. The highest BCUT2D eigenvalue weighted by molar-refractivity contribution is 5.69. The summed E-state index contributed by atoms with van der Waals surface area (Å²) in [5, 5.41) is 3.33. The highest BCUT2D eigenvalue weighted by atomic mass is 19.1. The molecule has 1 heterocycles. The molecule has 0 aliphatic carbocycles. The topological polar surface area (TPSA) is 41.6 Å². The molecule has 0 bridgehead atoms. The number of amides is 1. The average Bonchev–Trinajstić information content (AvgIpc) is 2.27. The normalized spacial score (nSPS) is 15.9. The second-order valence-corrected chi connectivity index (χ2v) is 6.09. The van der Waals surface area contributed by atoms with Crippen molar-refractivity contribution in [3.8, 4) is 0 Å². The zero-order valence-corrected chi connectivity index (χ0v) is 12.1. The van der Waals surface area contributed by atoms with Gasteiger partial charge in [0, 0.05) is 25.7 Å².